The number of rotatable bonds is 7. The molecule has 3 nitrogen and oxygen atoms in total. The van der Waals surface area contributed by atoms with Crippen LogP contribution < -0.4 is 5.32 Å². The quantitative estimate of drug-likeness (QED) is 0.704. The van der Waals surface area contributed by atoms with Gasteiger partial charge in [0.05, 0.1) is 0 Å². The molecule has 0 fully saturated rings. The zero-order chi connectivity index (χ0) is 11.1. The molecule has 0 bridgehead atoms. The standard InChI is InChI=1S/C11H17NO2S/c1-2-9(10-5-4-8-15-10)12-7-3-6-11(13)14/h4-5,8-9,12H,2-3,6-7H2,1H3,(H,13,14). The number of carboxylic acid groups (broad SMARTS) is 1. The van der Waals surface area contributed by atoms with Gasteiger partial charge in [-0.2, -0.15) is 0 Å². The third-order valence-corrected chi connectivity index (χ3v) is 3.24. The summed E-state index contributed by atoms with van der Waals surface area (Å²) in [6.07, 6.45) is 1.97. The lowest BCUT2D eigenvalue weighted by atomic mass is 10.2. The first-order chi connectivity index (χ1) is 7.24. The highest BCUT2D eigenvalue weighted by molar-refractivity contribution is 7.10. The molecule has 84 valence electrons. The summed E-state index contributed by atoms with van der Waals surface area (Å²) in [7, 11) is 0. The van der Waals surface area contributed by atoms with Gasteiger partial charge in [-0.05, 0) is 30.8 Å². The minimum atomic E-state index is -0.721. The predicted octanol–water partition coefficient (Wildman–Crippen LogP) is 2.65. The molecule has 1 rings (SSSR count). The normalized spacial score (nSPS) is 12.6. The first-order valence-electron chi connectivity index (χ1n) is 5.22. The van der Waals surface area contributed by atoms with Crippen LogP contribution in [-0.4, -0.2) is 17.6 Å². The van der Waals surface area contributed by atoms with E-state index in [1.54, 1.807) is 11.3 Å². The van der Waals surface area contributed by atoms with Gasteiger partial charge in [-0.25, -0.2) is 0 Å². The number of thiophene rings is 1. The van der Waals surface area contributed by atoms with Gasteiger partial charge in [-0.15, -0.1) is 11.3 Å². The molecule has 4 heteroatoms. The molecule has 0 amide bonds. The Balaban J connectivity index is 2.26. The molecule has 0 aliphatic rings. The minimum absolute atomic E-state index is 0.244. The molecule has 0 spiro atoms. The lowest BCUT2D eigenvalue weighted by molar-refractivity contribution is -0.137. The minimum Gasteiger partial charge on any atom is -0.481 e. The number of hydrogen-bond acceptors (Lipinski definition) is 3. The van der Waals surface area contributed by atoms with Crippen molar-refractivity contribution in [2.75, 3.05) is 6.54 Å². The van der Waals surface area contributed by atoms with Gasteiger partial charge < -0.3 is 10.4 Å². The zero-order valence-electron chi connectivity index (χ0n) is 8.90. The molecule has 0 aliphatic heterocycles. The van der Waals surface area contributed by atoms with Crippen LogP contribution in [0.4, 0.5) is 0 Å². The molecular weight excluding hydrogens is 210 g/mol. The van der Waals surface area contributed by atoms with Crippen molar-refractivity contribution in [3.05, 3.63) is 22.4 Å². The van der Waals surface area contributed by atoms with Crippen LogP contribution in [0.5, 0.6) is 0 Å². The fourth-order valence-electron chi connectivity index (χ4n) is 1.45. The highest BCUT2D eigenvalue weighted by Gasteiger charge is 2.08. The third-order valence-electron chi connectivity index (χ3n) is 2.25. The molecule has 1 unspecified atom stereocenters. The first kappa shape index (κ1) is 12.2. The van der Waals surface area contributed by atoms with Crippen molar-refractivity contribution < 1.29 is 9.90 Å². The van der Waals surface area contributed by atoms with Gasteiger partial charge in [-0.1, -0.05) is 13.0 Å². The van der Waals surface area contributed by atoms with E-state index in [4.69, 9.17) is 5.11 Å². The molecule has 1 aromatic heterocycles. The molecule has 0 radical (unpaired) electrons. The number of nitrogens with one attached hydrogen (secondary N) is 1. The van der Waals surface area contributed by atoms with Crippen molar-refractivity contribution in [1.29, 1.82) is 0 Å². The summed E-state index contributed by atoms with van der Waals surface area (Å²) in [6.45, 7) is 2.90. The van der Waals surface area contributed by atoms with Crippen molar-refractivity contribution in [2.45, 2.75) is 32.2 Å². The van der Waals surface area contributed by atoms with Crippen molar-refractivity contribution >= 4 is 17.3 Å². The number of aliphatic carboxylic acids is 1. The molecular formula is C11H17NO2S. The van der Waals surface area contributed by atoms with E-state index in [0.717, 1.165) is 13.0 Å². The predicted molar refractivity (Wildman–Crippen MR) is 62.2 cm³/mol. The first-order valence-corrected chi connectivity index (χ1v) is 6.10. The third kappa shape index (κ3) is 4.44. The Hall–Kier alpha value is -0.870. The average molecular weight is 227 g/mol. The fraction of sp³-hybridized carbons (Fsp3) is 0.545. The van der Waals surface area contributed by atoms with Gasteiger partial charge >= 0.3 is 5.97 Å². The summed E-state index contributed by atoms with van der Waals surface area (Å²) >= 11 is 1.74. The monoisotopic (exact) mass is 227 g/mol. The molecule has 0 saturated carbocycles. The molecule has 15 heavy (non-hydrogen) atoms. The fourth-order valence-corrected chi connectivity index (χ4v) is 2.34. The maximum absolute atomic E-state index is 10.3. The Morgan fingerprint density at radius 3 is 3.00 bits per heavy atom. The zero-order valence-corrected chi connectivity index (χ0v) is 9.72. The Kier molecular flexibility index (Phi) is 5.36. The van der Waals surface area contributed by atoms with E-state index in [1.165, 1.54) is 4.88 Å². The Morgan fingerprint density at radius 1 is 1.67 bits per heavy atom. The highest BCUT2D eigenvalue weighted by atomic mass is 32.1. The smallest absolute Gasteiger partial charge is 0.303 e. The molecule has 1 heterocycles. The summed E-state index contributed by atoms with van der Waals surface area (Å²) in [5.41, 5.74) is 0. The summed E-state index contributed by atoms with van der Waals surface area (Å²) in [5.74, 6) is -0.721. The topological polar surface area (TPSA) is 49.3 Å². The summed E-state index contributed by atoms with van der Waals surface area (Å²) < 4.78 is 0. The van der Waals surface area contributed by atoms with Crippen LogP contribution in [0, 0.1) is 0 Å². The molecule has 0 saturated heterocycles. The number of hydrogen-bond donors (Lipinski definition) is 2. The largest absolute Gasteiger partial charge is 0.481 e. The van der Waals surface area contributed by atoms with E-state index >= 15 is 0 Å². The van der Waals surface area contributed by atoms with Crippen LogP contribution in [0.25, 0.3) is 0 Å². The Morgan fingerprint density at radius 2 is 2.47 bits per heavy atom. The maximum atomic E-state index is 10.3. The summed E-state index contributed by atoms with van der Waals surface area (Å²) in [4.78, 5) is 11.6. The lowest BCUT2D eigenvalue weighted by Gasteiger charge is -2.14. The Bertz CT molecular complexity index is 285. The van der Waals surface area contributed by atoms with Gasteiger partial charge in [0, 0.05) is 17.3 Å². The number of carbonyl (C=O) groups is 1. The molecule has 1 aromatic rings. The van der Waals surface area contributed by atoms with E-state index in [2.05, 4.69) is 23.7 Å². The number of carboxylic acids is 1. The van der Waals surface area contributed by atoms with Crippen LogP contribution in [0.3, 0.4) is 0 Å². The van der Waals surface area contributed by atoms with Gasteiger partial charge in [0.1, 0.15) is 0 Å². The van der Waals surface area contributed by atoms with Gasteiger partial charge in [0.25, 0.3) is 0 Å². The molecule has 1 atom stereocenters. The van der Waals surface area contributed by atoms with Gasteiger partial charge in [0.2, 0.25) is 0 Å². The SMILES string of the molecule is CCC(NCCCC(=O)O)c1cccs1. The van der Waals surface area contributed by atoms with Gasteiger partial charge in [-0.3, -0.25) is 4.79 Å². The van der Waals surface area contributed by atoms with E-state index in [9.17, 15) is 4.79 Å². The van der Waals surface area contributed by atoms with Crippen LogP contribution in [0.15, 0.2) is 17.5 Å². The Labute approximate surface area is 94.1 Å². The van der Waals surface area contributed by atoms with Crippen molar-refractivity contribution in [3.63, 3.8) is 0 Å². The second kappa shape index (κ2) is 6.58. The molecule has 2 N–H and O–H groups in total. The van der Waals surface area contributed by atoms with Crippen molar-refractivity contribution in [1.82, 2.24) is 5.32 Å². The van der Waals surface area contributed by atoms with Crippen LogP contribution in [0.1, 0.15) is 37.1 Å². The average Bonchev–Trinajstić information content (AvgIpc) is 2.70. The van der Waals surface area contributed by atoms with E-state index in [-0.39, 0.29) is 6.42 Å². The van der Waals surface area contributed by atoms with Crippen LogP contribution in [0.2, 0.25) is 0 Å². The van der Waals surface area contributed by atoms with Crippen molar-refractivity contribution in [3.8, 4) is 0 Å². The van der Waals surface area contributed by atoms with E-state index in [0.29, 0.717) is 12.5 Å². The van der Waals surface area contributed by atoms with Crippen LogP contribution >= 0.6 is 11.3 Å². The van der Waals surface area contributed by atoms with Gasteiger partial charge in [0.15, 0.2) is 0 Å². The summed E-state index contributed by atoms with van der Waals surface area (Å²) in [6, 6.07) is 4.53. The van der Waals surface area contributed by atoms with Crippen LogP contribution in [-0.2, 0) is 4.79 Å². The van der Waals surface area contributed by atoms with E-state index in [1.807, 2.05) is 6.07 Å². The molecule has 0 aromatic carbocycles. The lowest BCUT2D eigenvalue weighted by Crippen LogP contribution is -2.21. The highest BCUT2D eigenvalue weighted by Crippen LogP contribution is 2.21. The molecule has 0 aliphatic carbocycles. The van der Waals surface area contributed by atoms with E-state index < -0.39 is 5.97 Å². The second-order valence-corrected chi connectivity index (χ2v) is 4.41. The van der Waals surface area contributed by atoms with Crippen molar-refractivity contribution in [2.24, 2.45) is 0 Å². The second-order valence-electron chi connectivity index (χ2n) is 3.43. The summed E-state index contributed by atoms with van der Waals surface area (Å²) in [5, 5.41) is 13.9. The maximum Gasteiger partial charge on any atom is 0.303 e.